The maximum absolute atomic E-state index is 15.4. The second-order valence-electron chi connectivity index (χ2n) is 25.6. The number of nitrogens with two attached hydrogens (primary N) is 2. The van der Waals surface area contributed by atoms with Crippen molar-refractivity contribution in [2.45, 2.75) is 144 Å². The molecule has 6 aliphatic rings. The summed E-state index contributed by atoms with van der Waals surface area (Å²) in [7, 11) is -8.75. The Labute approximate surface area is 586 Å². The number of anilines is 1. The van der Waals surface area contributed by atoms with E-state index >= 15 is 4.39 Å². The molecule has 6 aliphatic heterocycles. The molecule has 8 heterocycles. The maximum atomic E-state index is 15.4. The Morgan fingerprint density at radius 3 is 1.22 bits per heavy atom. The van der Waals surface area contributed by atoms with Gasteiger partial charge in [0.15, 0.2) is 11.6 Å². The van der Waals surface area contributed by atoms with Gasteiger partial charge in [-0.05, 0) is 158 Å². The van der Waals surface area contributed by atoms with Crippen LogP contribution in [0.5, 0.6) is 0 Å². The number of carbonyl (C=O) groups excluding carboxylic acids is 4. The second kappa shape index (κ2) is 30.1. The van der Waals surface area contributed by atoms with Crippen LogP contribution in [0.3, 0.4) is 0 Å². The standard InChI is InChI=1S/C25H28F2N4O6S.C20H20F2N4O4S.C18H25FN4O5S.CH4.Al/c1-24(2,3)37-23(33)29-22-30-25(10-5-11-36-21(25)38(34,35)31(22)4)17-12-15(6-8-18(17)27)13-20(32)19-9-7-16(26)14-28-19;1-26-19(23)25-20(7-2-8-30-18(20)31(26,28)29)14-9-12(3-5-15(14)22)10-17(27)16-6-4-13(21)11-24-16;1-17(2,3)28-16(24)21-15-22-18(12-10-11(20)6-7-13(12)19)8-5-9-27-14(18)29(25,26)23(15)4;;/h6-9,12,14,21H,5,10-11,13H2,1-4H3,(H,29,30,33);3-6,9,11,18H,2,7-8,10H2,1H3,(H2,23,25);6-7,10,14H,5,8-9,20H2,1-4H3,(H,21,22,24);1H4;/t21?,25-;18?,20-;14?,18-;;/m111../s1. The van der Waals surface area contributed by atoms with Crippen LogP contribution in [0.2, 0.25) is 0 Å². The summed E-state index contributed by atoms with van der Waals surface area (Å²) >= 11 is 0. The predicted octanol–water partition coefficient (Wildman–Crippen LogP) is 7.13. The predicted molar refractivity (Wildman–Crippen MR) is 358 cm³/mol. The highest BCUT2D eigenvalue weighted by atomic mass is 32.2. The van der Waals surface area contributed by atoms with Gasteiger partial charge in [0.1, 0.15) is 68.3 Å². The van der Waals surface area contributed by atoms with Gasteiger partial charge in [0.05, 0.1) is 12.4 Å². The van der Waals surface area contributed by atoms with E-state index < -0.39 is 127 Å². The Morgan fingerprint density at radius 1 is 0.530 bits per heavy atom. The zero-order valence-electron chi connectivity index (χ0n) is 55.2. The van der Waals surface area contributed by atoms with Gasteiger partial charge in [-0.15, -0.1) is 0 Å². The summed E-state index contributed by atoms with van der Waals surface area (Å²) in [5, 5.41) is 4.73. The molecule has 5 aromatic rings. The lowest BCUT2D eigenvalue weighted by Gasteiger charge is -2.46. The van der Waals surface area contributed by atoms with E-state index in [-0.39, 0.29) is 128 Å². The number of aromatic nitrogens is 2. The van der Waals surface area contributed by atoms with Crippen LogP contribution in [0.1, 0.15) is 136 Å². The molecule has 3 fully saturated rings. The first-order valence-electron chi connectivity index (χ1n) is 30.5. The van der Waals surface area contributed by atoms with E-state index in [0.29, 0.717) is 30.4 Å². The first kappa shape index (κ1) is 79.1. The Hall–Kier alpha value is -8.24. The Bertz CT molecular complexity index is 4400. The Kier molecular flexibility index (Phi) is 23.8. The fraction of sp³-hybridized carbons (Fsp3) is 0.453. The molecule has 0 saturated carbocycles. The van der Waals surface area contributed by atoms with E-state index in [1.165, 1.54) is 69.7 Å². The number of aliphatic imine (C=N–C) groups is 3. The highest BCUT2D eigenvalue weighted by Gasteiger charge is 2.60. The maximum Gasteiger partial charge on any atom is 0.414 e. The van der Waals surface area contributed by atoms with E-state index in [2.05, 4.69) is 35.6 Å². The number of Topliss-reactive ketones (excluding diaryl/α,β-unsaturated/α-hetero) is 2. The van der Waals surface area contributed by atoms with Gasteiger partial charge in [-0.3, -0.25) is 30.2 Å². The molecule has 3 unspecified atom stereocenters. The van der Waals surface area contributed by atoms with Crippen LogP contribution in [0.15, 0.2) is 106 Å². The second-order valence-corrected chi connectivity index (χ2v) is 31.6. The van der Waals surface area contributed by atoms with Gasteiger partial charge in [-0.1, -0.05) is 19.6 Å². The number of halogens is 5. The molecule has 0 bridgehead atoms. The lowest BCUT2D eigenvalue weighted by Crippen LogP contribution is -2.61. The van der Waals surface area contributed by atoms with Crippen molar-refractivity contribution in [3.63, 3.8) is 0 Å². The first-order chi connectivity index (χ1) is 45.7. The molecule has 100 heavy (non-hydrogen) atoms. The van der Waals surface area contributed by atoms with E-state index in [1.54, 1.807) is 41.5 Å². The number of benzene rings is 3. The van der Waals surface area contributed by atoms with Crippen molar-refractivity contribution in [1.82, 2.24) is 33.5 Å². The van der Waals surface area contributed by atoms with Crippen LogP contribution in [0.4, 0.5) is 37.2 Å². The van der Waals surface area contributed by atoms with Gasteiger partial charge in [-0.2, -0.15) is 0 Å². The number of rotatable bonds is 9. The highest BCUT2D eigenvalue weighted by molar-refractivity contribution is 7.90. The van der Waals surface area contributed by atoms with Gasteiger partial charge in [0, 0.05) is 93.5 Å². The molecule has 3 radical (unpaired) electrons. The minimum atomic E-state index is -4.28. The smallest absolute Gasteiger partial charge is 0.414 e. The average molecular weight is 1470 g/mol. The summed E-state index contributed by atoms with van der Waals surface area (Å²) < 4.78 is 180. The number of sulfonamides is 3. The number of carbonyl (C=O) groups is 4. The van der Waals surface area contributed by atoms with Crippen molar-refractivity contribution in [3.05, 3.63) is 160 Å². The van der Waals surface area contributed by atoms with Crippen LogP contribution >= 0.6 is 0 Å². The molecule has 36 heteroatoms. The number of ether oxygens (including phenoxy) is 5. The van der Waals surface area contributed by atoms with Crippen LogP contribution in [0.25, 0.3) is 0 Å². The fourth-order valence-corrected chi connectivity index (χ4v) is 16.8. The summed E-state index contributed by atoms with van der Waals surface area (Å²) in [6.07, 6.45) is 1.47. The highest BCUT2D eigenvalue weighted by Crippen LogP contribution is 2.49. The molecule has 0 spiro atoms. The van der Waals surface area contributed by atoms with Crippen molar-refractivity contribution in [2.75, 3.05) is 46.7 Å². The Balaban J connectivity index is 0.000000211. The minimum Gasteiger partial charge on any atom is -0.444 e. The van der Waals surface area contributed by atoms with E-state index in [1.807, 2.05) is 0 Å². The van der Waals surface area contributed by atoms with Crippen LogP contribution in [-0.4, -0.2) is 176 Å². The zero-order valence-corrected chi connectivity index (χ0v) is 58.8. The number of nitrogens with one attached hydrogen (secondary N) is 2. The van der Waals surface area contributed by atoms with Crippen molar-refractivity contribution >= 4 is 94.7 Å². The number of amides is 2. The lowest BCUT2D eigenvalue weighted by atomic mass is 9.83. The number of alkyl carbamates (subject to hydrolysis) is 2. The largest absolute Gasteiger partial charge is 0.444 e. The van der Waals surface area contributed by atoms with Gasteiger partial charge in [0.25, 0.3) is 30.1 Å². The third-order valence-corrected chi connectivity index (χ3v) is 22.3. The zero-order chi connectivity index (χ0) is 71.9. The molecule has 6 atom stereocenters. The van der Waals surface area contributed by atoms with Crippen molar-refractivity contribution in [3.8, 4) is 0 Å². The number of fused-ring (bicyclic) bond motifs is 3. The molecular formula is C64H77AlF5N12O15S3. The van der Waals surface area contributed by atoms with Crippen molar-refractivity contribution in [1.29, 1.82) is 0 Å². The summed E-state index contributed by atoms with van der Waals surface area (Å²) in [6, 6.07) is 16.5. The van der Waals surface area contributed by atoms with Gasteiger partial charge < -0.3 is 35.2 Å². The quantitative estimate of drug-likeness (QED) is 0.0493. The molecule has 539 valence electrons. The molecule has 2 amide bonds. The fourth-order valence-electron chi connectivity index (χ4n) is 11.8. The average Bonchev–Trinajstić information content (AvgIpc) is 0.730. The summed E-state index contributed by atoms with van der Waals surface area (Å²) in [5.74, 6) is -4.98. The third kappa shape index (κ3) is 16.4. The van der Waals surface area contributed by atoms with Gasteiger partial charge in [0.2, 0.25) is 34.2 Å². The molecule has 6 N–H and O–H groups in total. The molecular weight excluding hydrogens is 1390 g/mol. The van der Waals surface area contributed by atoms with Crippen LogP contribution < -0.4 is 22.1 Å². The van der Waals surface area contributed by atoms with E-state index in [9.17, 15) is 62.0 Å². The van der Waals surface area contributed by atoms with Gasteiger partial charge >= 0.3 is 12.2 Å². The van der Waals surface area contributed by atoms with Crippen LogP contribution in [0, 0.1) is 29.1 Å². The van der Waals surface area contributed by atoms with Crippen molar-refractivity contribution < 1.29 is 90.1 Å². The van der Waals surface area contributed by atoms with E-state index in [0.717, 1.165) is 55.6 Å². The number of ketones is 2. The number of nitrogen functional groups attached to an aromatic ring is 1. The SMILES string of the molecule is C.CN1C(N)=N[C@@]2(c3cc(CC(=O)c4ccc(F)cn4)ccc3F)CCCOC2S1(=O)=O.CN1C(NC(=O)OC(C)(C)C)=N[C@@]2(c3cc(CC(=O)c4ccc(F)cn4)ccc3F)CCCOC2S1(=O)=O.CN1C(NC(=O)OC(C)(C)C)=N[C@@]2(c3cc(N)ccc3F)CCCOC2S1(=O)=O.[Al]. The minimum absolute atomic E-state index is 0. The summed E-state index contributed by atoms with van der Waals surface area (Å²) in [5.41, 5.74) is 1.71. The molecule has 3 aromatic carbocycles. The normalized spacial score (nSPS) is 24.0. The summed E-state index contributed by atoms with van der Waals surface area (Å²) in [6.45, 7) is 10.4. The number of pyridine rings is 2. The van der Waals surface area contributed by atoms with E-state index in [4.69, 9.17) is 35.2 Å². The molecule has 27 nitrogen and oxygen atoms in total. The molecule has 3 saturated heterocycles. The molecule has 0 aliphatic carbocycles. The van der Waals surface area contributed by atoms with Crippen LogP contribution in [-0.2, 0) is 83.2 Å². The number of hydrogen-bond acceptors (Lipinski definition) is 22. The first-order valence-corrected chi connectivity index (χ1v) is 35.0. The molecule has 11 rings (SSSR count). The third-order valence-electron chi connectivity index (χ3n) is 16.3. The topological polar surface area (TPSA) is 366 Å². The molecule has 2 aromatic heterocycles. The summed E-state index contributed by atoms with van der Waals surface area (Å²) in [4.78, 5) is 70.9. The van der Waals surface area contributed by atoms with Gasteiger partial charge in [-0.25, -0.2) is 84.7 Å². The number of guanidine groups is 3. The lowest BCUT2D eigenvalue weighted by molar-refractivity contribution is 0.000103. The monoisotopic (exact) mass is 1470 g/mol. The Morgan fingerprint density at radius 2 is 0.870 bits per heavy atom. The number of hydrogen-bond donors (Lipinski definition) is 4. The van der Waals surface area contributed by atoms with Crippen molar-refractivity contribution in [2.24, 2.45) is 20.7 Å². The number of nitrogens with zero attached hydrogens (tertiary/aromatic N) is 8.